The van der Waals surface area contributed by atoms with E-state index < -0.39 is 11.1 Å². The van der Waals surface area contributed by atoms with Gasteiger partial charge in [-0.15, -0.1) is 0 Å². The van der Waals surface area contributed by atoms with Gasteiger partial charge in [-0.1, -0.05) is 0 Å². The molecule has 1 aliphatic rings. The van der Waals surface area contributed by atoms with E-state index >= 15 is 0 Å². The van der Waals surface area contributed by atoms with Crippen LogP contribution in [0.2, 0.25) is 0 Å². The van der Waals surface area contributed by atoms with Crippen LogP contribution < -0.4 is 4.52 Å². The monoisotopic (exact) mass is 154 g/mol. The molecule has 0 N–H and O–H groups in total. The Balaban J connectivity index is 2.66. The molecule has 0 spiro atoms. The third-order valence-corrected chi connectivity index (χ3v) is 1.35. The average Bonchev–Trinajstić information content (AvgIpc) is 2.08. The molecule has 1 heterocycles. The topological polar surface area (TPSA) is 26.5 Å². The summed E-state index contributed by atoms with van der Waals surface area (Å²) in [7, 11) is 0. The van der Waals surface area contributed by atoms with E-state index in [2.05, 4.69) is 9.63 Å². The molecule has 6 heteroatoms. The van der Waals surface area contributed by atoms with E-state index in [1.54, 1.807) is 0 Å². The van der Waals surface area contributed by atoms with Crippen LogP contribution in [0.25, 0.3) is 0 Å². The van der Waals surface area contributed by atoms with E-state index in [-0.39, 0.29) is 0 Å². The lowest BCUT2D eigenvalue weighted by atomic mass is 10.6. The summed E-state index contributed by atoms with van der Waals surface area (Å²) in [5.41, 5.74) is 0. The van der Waals surface area contributed by atoms with Crippen molar-refractivity contribution in [1.29, 1.82) is 0 Å². The second kappa shape index (κ2) is 2.02. The van der Waals surface area contributed by atoms with Crippen LogP contribution in [0, 0.1) is 0 Å². The Kier molecular flexibility index (Phi) is 1.48. The number of hydrogen-bond donors (Lipinski definition) is 0. The highest BCUT2D eigenvalue weighted by atomic mass is 32.2. The predicted molar refractivity (Wildman–Crippen MR) is 26.3 cm³/mol. The summed E-state index contributed by atoms with van der Waals surface area (Å²) in [6.07, 6.45) is -3.58. The van der Waals surface area contributed by atoms with Gasteiger partial charge in [-0.3, -0.25) is 0 Å². The molecule has 49 valence electrons. The van der Waals surface area contributed by atoms with Crippen molar-refractivity contribution in [1.82, 2.24) is 4.52 Å². The molecule has 0 aliphatic carbocycles. The van der Waals surface area contributed by atoms with Crippen LogP contribution in [0.4, 0.5) is 13.2 Å². The third kappa shape index (κ3) is 1.44. The summed E-state index contributed by atoms with van der Waals surface area (Å²) in [6.45, 7) is 0. The summed E-state index contributed by atoms with van der Waals surface area (Å²) < 4.78 is 37.7. The van der Waals surface area contributed by atoms with Gasteiger partial charge in [0, 0.05) is 0 Å². The molecule has 0 amide bonds. The lowest BCUT2D eigenvalue weighted by Crippen LogP contribution is -2.07. The van der Waals surface area contributed by atoms with Gasteiger partial charge >= 0.3 is 18.1 Å². The first kappa shape index (κ1) is 6.60. The molecular formula is C3HF3N2S+. The Labute approximate surface area is 53.0 Å². The third-order valence-electron chi connectivity index (χ3n) is 0.641. The highest BCUT2D eigenvalue weighted by Crippen LogP contribution is 2.34. The Hall–Kier alpha value is -0.520. The average molecular weight is 154 g/mol. The van der Waals surface area contributed by atoms with Crippen molar-refractivity contribution in [2.45, 2.75) is 6.18 Å². The number of allylic oxidation sites excluding steroid dienone is 1. The van der Waals surface area contributed by atoms with Crippen LogP contribution in [0.15, 0.2) is 16.2 Å². The van der Waals surface area contributed by atoms with Crippen LogP contribution >= 0.6 is 11.9 Å². The van der Waals surface area contributed by atoms with Crippen LogP contribution in [-0.2, 0) is 0 Å². The highest BCUT2D eigenvalue weighted by molar-refractivity contribution is 8.01. The van der Waals surface area contributed by atoms with Crippen molar-refractivity contribution < 1.29 is 13.2 Å². The quantitative estimate of drug-likeness (QED) is 0.489. The molecule has 0 unspecified atom stereocenters. The molecule has 0 aromatic carbocycles. The first-order valence-corrected chi connectivity index (χ1v) is 2.72. The minimum atomic E-state index is -4.28. The van der Waals surface area contributed by atoms with E-state index in [9.17, 15) is 13.2 Å². The van der Waals surface area contributed by atoms with E-state index in [0.29, 0.717) is 18.1 Å². The first-order chi connectivity index (χ1) is 4.11. The molecule has 0 saturated carbocycles. The van der Waals surface area contributed by atoms with Crippen LogP contribution in [0.1, 0.15) is 0 Å². The van der Waals surface area contributed by atoms with Gasteiger partial charge in [0.1, 0.15) is 6.20 Å². The predicted octanol–water partition coefficient (Wildman–Crippen LogP) is 1.84. The Morgan fingerprint density at radius 2 is 2.22 bits per heavy atom. The molecule has 0 saturated heterocycles. The Morgan fingerprint density at radius 1 is 1.56 bits per heavy atom. The fourth-order valence-corrected chi connectivity index (χ4v) is 0.672. The molecule has 1 aliphatic heterocycles. The molecule has 0 aromatic heterocycles. The van der Waals surface area contributed by atoms with Gasteiger partial charge in [0.05, 0.1) is 5.11 Å². The van der Waals surface area contributed by atoms with E-state index in [1.165, 1.54) is 0 Å². The Morgan fingerprint density at radius 3 is 2.44 bits per heavy atom. The number of hydrogen-bond acceptors (Lipinski definition) is 3. The molecular weight excluding hydrogens is 153 g/mol. The number of halogens is 3. The molecule has 0 aromatic rings. The zero-order valence-electron chi connectivity index (χ0n) is 4.01. The summed E-state index contributed by atoms with van der Waals surface area (Å²) in [4.78, 5) is -0.762. The minimum Gasteiger partial charge on any atom is -0.165 e. The van der Waals surface area contributed by atoms with Crippen molar-refractivity contribution in [2.24, 2.45) is 5.11 Å². The minimum absolute atomic E-state index is 0.344. The van der Waals surface area contributed by atoms with E-state index in [0.717, 1.165) is 0 Å². The van der Waals surface area contributed by atoms with Crippen molar-refractivity contribution in [3.8, 4) is 0 Å². The highest BCUT2D eigenvalue weighted by Gasteiger charge is 2.42. The number of rotatable bonds is 0. The van der Waals surface area contributed by atoms with Crippen molar-refractivity contribution in [3.05, 3.63) is 11.1 Å². The second-order valence-corrected chi connectivity index (χ2v) is 2.07. The SMILES string of the molecule is FC(F)(F)C1=CN=[N+]S1. The molecule has 0 fully saturated rings. The maximum absolute atomic E-state index is 11.6. The van der Waals surface area contributed by atoms with E-state index in [1.807, 2.05) is 0 Å². The number of alkyl halides is 3. The van der Waals surface area contributed by atoms with Gasteiger partial charge in [0.15, 0.2) is 4.91 Å². The maximum Gasteiger partial charge on any atom is 0.430 e. The van der Waals surface area contributed by atoms with Crippen LogP contribution in [-0.4, -0.2) is 6.18 Å². The zero-order chi connectivity index (χ0) is 6.91. The van der Waals surface area contributed by atoms with Gasteiger partial charge in [0.25, 0.3) is 4.52 Å². The fraction of sp³-hybridized carbons (Fsp3) is 0.333. The van der Waals surface area contributed by atoms with Gasteiger partial charge < -0.3 is 0 Å². The Bertz CT molecular complexity index is 170. The molecule has 2 nitrogen and oxygen atoms in total. The normalized spacial score (nSPS) is 18.3. The fourth-order valence-electron chi connectivity index (χ4n) is 0.292. The smallest absolute Gasteiger partial charge is 0.165 e. The van der Waals surface area contributed by atoms with Gasteiger partial charge in [0.2, 0.25) is 0 Å². The van der Waals surface area contributed by atoms with Crippen LogP contribution in [0.3, 0.4) is 0 Å². The zero-order valence-corrected chi connectivity index (χ0v) is 4.83. The van der Waals surface area contributed by atoms with Gasteiger partial charge in [-0.25, -0.2) is 0 Å². The standard InChI is InChI=1S/C3HF3N2S/c4-3(5,6)2-1-7-8-9-2/h1H/q+1. The maximum atomic E-state index is 11.6. The van der Waals surface area contributed by atoms with E-state index in [4.69, 9.17) is 0 Å². The summed E-state index contributed by atoms with van der Waals surface area (Å²) >= 11 is 0.344. The van der Waals surface area contributed by atoms with Gasteiger partial charge in [-0.2, -0.15) is 13.2 Å². The first-order valence-electron chi connectivity index (χ1n) is 1.95. The lowest BCUT2D eigenvalue weighted by molar-refractivity contribution is -0.0835. The van der Waals surface area contributed by atoms with Crippen molar-refractivity contribution >= 4 is 11.9 Å². The van der Waals surface area contributed by atoms with Crippen molar-refractivity contribution in [2.75, 3.05) is 0 Å². The molecule has 0 bridgehead atoms. The number of nitrogens with zero attached hydrogens (tertiary/aromatic N) is 2. The van der Waals surface area contributed by atoms with Crippen molar-refractivity contribution in [3.63, 3.8) is 0 Å². The summed E-state index contributed by atoms with van der Waals surface area (Å²) in [6, 6.07) is 0. The molecule has 1 rings (SSSR count). The molecule has 0 atom stereocenters. The largest absolute Gasteiger partial charge is 0.430 e. The summed E-state index contributed by atoms with van der Waals surface area (Å²) in [5, 5.41) is 3.04. The second-order valence-electron chi connectivity index (χ2n) is 1.28. The van der Waals surface area contributed by atoms with Gasteiger partial charge in [-0.05, 0) is 0 Å². The molecule has 1 radical (unpaired) electrons. The summed E-state index contributed by atoms with van der Waals surface area (Å²) in [5.74, 6) is 0. The lowest BCUT2D eigenvalue weighted by Gasteiger charge is -1.97. The molecule has 9 heavy (non-hydrogen) atoms. The van der Waals surface area contributed by atoms with Crippen LogP contribution in [0.5, 0.6) is 0 Å².